The van der Waals surface area contributed by atoms with Crippen LogP contribution in [0.1, 0.15) is 37.6 Å². The fourth-order valence-electron chi connectivity index (χ4n) is 3.23. The fourth-order valence-corrected chi connectivity index (χ4v) is 3.23. The van der Waals surface area contributed by atoms with Crippen LogP contribution < -0.4 is 10.6 Å². The van der Waals surface area contributed by atoms with Crippen molar-refractivity contribution in [3.05, 3.63) is 36.0 Å². The van der Waals surface area contributed by atoms with Crippen LogP contribution in [0.2, 0.25) is 0 Å². The second-order valence-corrected chi connectivity index (χ2v) is 7.04. The molecule has 2 aromatic heterocycles. The Balaban J connectivity index is 1.66. The molecule has 7 heteroatoms. The molecule has 0 radical (unpaired) electrons. The largest absolute Gasteiger partial charge is 0.469 e. The highest BCUT2D eigenvalue weighted by Crippen LogP contribution is 2.42. The van der Waals surface area contributed by atoms with Crippen molar-refractivity contribution in [2.75, 3.05) is 18.5 Å². The number of anilines is 1. The fraction of sp³-hybridized carbons (Fsp3) is 0.529. The van der Waals surface area contributed by atoms with Crippen molar-refractivity contribution in [1.82, 2.24) is 15.1 Å². The molecule has 0 aromatic carbocycles. The first-order valence-corrected chi connectivity index (χ1v) is 8.20. The van der Waals surface area contributed by atoms with E-state index in [-0.39, 0.29) is 37.1 Å². The van der Waals surface area contributed by atoms with Gasteiger partial charge in [-0.25, -0.2) is 0 Å². The van der Waals surface area contributed by atoms with Crippen LogP contribution in [0.25, 0.3) is 0 Å². The number of aromatic nitrogens is 2. The first kappa shape index (κ1) is 16.6. The van der Waals surface area contributed by atoms with Crippen LogP contribution in [0.4, 0.5) is 5.69 Å². The van der Waals surface area contributed by atoms with Gasteiger partial charge in [0, 0.05) is 24.7 Å². The molecule has 1 aliphatic carbocycles. The number of nitrogens with one attached hydrogen (secondary N) is 2. The van der Waals surface area contributed by atoms with Crippen molar-refractivity contribution < 1.29 is 14.3 Å². The molecule has 0 saturated carbocycles. The van der Waals surface area contributed by atoms with Crippen molar-refractivity contribution in [2.45, 2.75) is 39.3 Å². The Labute approximate surface area is 141 Å². The van der Waals surface area contributed by atoms with E-state index in [1.807, 2.05) is 12.3 Å². The minimum atomic E-state index is -0.172. The molecule has 1 atom stereocenters. The van der Waals surface area contributed by atoms with Crippen molar-refractivity contribution in [3.63, 3.8) is 0 Å². The third-order valence-corrected chi connectivity index (χ3v) is 4.26. The van der Waals surface area contributed by atoms with Gasteiger partial charge in [-0.2, -0.15) is 5.10 Å². The summed E-state index contributed by atoms with van der Waals surface area (Å²) in [6.45, 7) is 4.80. The highest BCUT2D eigenvalue weighted by Gasteiger charge is 2.34. The second-order valence-electron chi connectivity index (χ2n) is 7.04. The van der Waals surface area contributed by atoms with Crippen LogP contribution in [0.5, 0.6) is 0 Å². The maximum atomic E-state index is 11.7. The maximum Gasteiger partial charge on any atom is 0.241 e. The summed E-state index contributed by atoms with van der Waals surface area (Å²) in [5, 5.41) is 19.0. The summed E-state index contributed by atoms with van der Waals surface area (Å²) in [5.74, 6) is 0.870. The number of fused-ring (bicyclic) bond motifs is 1. The van der Waals surface area contributed by atoms with Gasteiger partial charge in [0.1, 0.15) is 12.3 Å². The van der Waals surface area contributed by atoms with E-state index in [1.54, 1.807) is 17.1 Å². The van der Waals surface area contributed by atoms with Gasteiger partial charge in [0.15, 0.2) is 0 Å². The van der Waals surface area contributed by atoms with Gasteiger partial charge in [-0.3, -0.25) is 9.48 Å². The number of rotatable bonds is 6. The van der Waals surface area contributed by atoms with Crippen LogP contribution in [-0.2, 0) is 17.8 Å². The lowest BCUT2D eigenvalue weighted by Crippen LogP contribution is -2.30. The van der Waals surface area contributed by atoms with Crippen molar-refractivity contribution >= 4 is 11.6 Å². The Hall–Kier alpha value is -2.28. The van der Waals surface area contributed by atoms with E-state index < -0.39 is 0 Å². The zero-order valence-corrected chi connectivity index (χ0v) is 14.1. The molecule has 3 rings (SSSR count). The SMILES string of the molecule is CC1(C)Cc2occc2C(Nc2cnn(CC(=O)NCCO)c2)C1. The normalized spacial score (nSPS) is 18.9. The monoisotopic (exact) mass is 332 g/mol. The molecule has 1 unspecified atom stereocenters. The van der Waals surface area contributed by atoms with Crippen molar-refractivity contribution in [3.8, 4) is 0 Å². The van der Waals surface area contributed by atoms with Gasteiger partial charge >= 0.3 is 0 Å². The number of carbonyl (C=O) groups is 1. The third kappa shape index (κ3) is 3.79. The molecule has 0 bridgehead atoms. The second kappa shape index (κ2) is 6.68. The van der Waals surface area contributed by atoms with Gasteiger partial charge in [0.2, 0.25) is 5.91 Å². The number of furan rings is 1. The number of aliphatic hydroxyl groups excluding tert-OH is 1. The summed E-state index contributed by atoms with van der Waals surface area (Å²) in [5.41, 5.74) is 2.24. The van der Waals surface area contributed by atoms with Gasteiger partial charge in [-0.15, -0.1) is 0 Å². The van der Waals surface area contributed by atoms with Gasteiger partial charge in [0.05, 0.1) is 30.8 Å². The number of hydrogen-bond acceptors (Lipinski definition) is 5. The lowest BCUT2D eigenvalue weighted by atomic mass is 9.75. The van der Waals surface area contributed by atoms with E-state index in [2.05, 4.69) is 29.6 Å². The lowest BCUT2D eigenvalue weighted by molar-refractivity contribution is -0.122. The lowest BCUT2D eigenvalue weighted by Gasteiger charge is -2.34. The van der Waals surface area contributed by atoms with Crippen molar-refractivity contribution in [2.24, 2.45) is 5.41 Å². The minimum absolute atomic E-state index is 0.0673. The molecule has 0 aliphatic heterocycles. The zero-order valence-electron chi connectivity index (χ0n) is 14.1. The molecule has 0 saturated heterocycles. The van der Waals surface area contributed by atoms with E-state index >= 15 is 0 Å². The molecule has 0 fully saturated rings. The molecule has 1 amide bonds. The number of carbonyl (C=O) groups excluding carboxylic acids is 1. The van der Waals surface area contributed by atoms with Gasteiger partial charge < -0.3 is 20.2 Å². The number of nitrogens with zero attached hydrogens (tertiary/aromatic N) is 2. The standard InChI is InChI=1S/C17H24N4O3/c1-17(2)7-14(13-3-6-24-15(13)8-17)20-12-9-19-21(10-12)11-16(23)18-4-5-22/h3,6,9-10,14,20,22H,4-5,7-8,11H2,1-2H3,(H,18,23). The predicted octanol–water partition coefficient (Wildman–Crippen LogP) is 1.71. The minimum Gasteiger partial charge on any atom is -0.469 e. The Bertz CT molecular complexity index is 704. The van der Waals surface area contributed by atoms with Crippen LogP contribution in [-0.4, -0.2) is 33.9 Å². The Kier molecular flexibility index (Phi) is 4.62. The van der Waals surface area contributed by atoms with Crippen LogP contribution in [0, 0.1) is 5.41 Å². The molecule has 2 aromatic rings. The summed E-state index contributed by atoms with van der Waals surface area (Å²) in [4.78, 5) is 11.7. The first-order chi connectivity index (χ1) is 11.5. The van der Waals surface area contributed by atoms with Crippen LogP contribution in [0.15, 0.2) is 29.1 Å². The number of amides is 1. The third-order valence-electron chi connectivity index (χ3n) is 4.26. The molecule has 0 spiro atoms. The van der Waals surface area contributed by atoms with Gasteiger partial charge in [-0.1, -0.05) is 13.8 Å². The van der Waals surface area contributed by atoms with Crippen LogP contribution in [0.3, 0.4) is 0 Å². The summed E-state index contributed by atoms with van der Waals surface area (Å²) in [7, 11) is 0. The number of aliphatic hydroxyl groups is 1. The molecule has 130 valence electrons. The summed E-state index contributed by atoms with van der Waals surface area (Å²) < 4.78 is 7.20. The van der Waals surface area contributed by atoms with E-state index in [0.717, 1.165) is 24.3 Å². The van der Waals surface area contributed by atoms with Gasteiger partial charge in [0.25, 0.3) is 0 Å². The Morgan fingerprint density at radius 3 is 3.17 bits per heavy atom. The molecular formula is C17H24N4O3. The predicted molar refractivity (Wildman–Crippen MR) is 89.5 cm³/mol. The molecule has 7 nitrogen and oxygen atoms in total. The highest BCUT2D eigenvalue weighted by atomic mass is 16.3. The Morgan fingerprint density at radius 1 is 1.54 bits per heavy atom. The molecule has 2 heterocycles. The molecule has 3 N–H and O–H groups in total. The molecular weight excluding hydrogens is 308 g/mol. The topological polar surface area (TPSA) is 92.3 Å². The smallest absolute Gasteiger partial charge is 0.241 e. The first-order valence-electron chi connectivity index (χ1n) is 8.20. The van der Waals surface area contributed by atoms with Crippen LogP contribution >= 0.6 is 0 Å². The zero-order chi connectivity index (χ0) is 17.2. The quantitative estimate of drug-likeness (QED) is 0.749. The van der Waals surface area contributed by atoms with E-state index in [1.165, 1.54) is 5.56 Å². The number of hydrogen-bond donors (Lipinski definition) is 3. The molecule has 1 aliphatic rings. The molecule has 24 heavy (non-hydrogen) atoms. The summed E-state index contributed by atoms with van der Waals surface area (Å²) in [6.07, 6.45) is 7.23. The van der Waals surface area contributed by atoms with E-state index in [9.17, 15) is 4.79 Å². The van der Waals surface area contributed by atoms with Gasteiger partial charge in [-0.05, 0) is 17.9 Å². The average molecular weight is 332 g/mol. The van der Waals surface area contributed by atoms with Crippen molar-refractivity contribution in [1.29, 1.82) is 0 Å². The summed E-state index contributed by atoms with van der Waals surface area (Å²) >= 11 is 0. The maximum absolute atomic E-state index is 11.7. The van der Waals surface area contributed by atoms with E-state index in [4.69, 9.17) is 9.52 Å². The summed E-state index contributed by atoms with van der Waals surface area (Å²) in [6, 6.07) is 2.19. The van der Waals surface area contributed by atoms with E-state index in [0.29, 0.717) is 0 Å². The average Bonchev–Trinajstić information content (AvgIpc) is 3.13. The highest BCUT2D eigenvalue weighted by molar-refractivity contribution is 5.75. The Morgan fingerprint density at radius 2 is 2.38 bits per heavy atom.